The van der Waals surface area contributed by atoms with Gasteiger partial charge in [-0.3, -0.25) is 14.8 Å². The molecular weight excluding hydrogens is 314 g/mol. The van der Waals surface area contributed by atoms with Crippen molar-refractivity contribution in [3.05, 3.63) is 51.3 Å². The summed E-state index contributed by atoms with van der Waals surface area (Å²) in [5.74, 6) is 0. The Morgan fingerprint density at radius 1 is 1.43 bits per heavy atom. The lowest BCUT2D eigenvalue weighted by Gasteiger charge is -2.11. The van der Waals surface area contributed by atoms with Crippen molar-refractivity contribution in [3.8, 4) is 0 Å². The van der Waals surface area contributed by atoms with Gasteiger partial charge in [0, 0.05) is 42.2 Å². The average Bonchev–Trinajstić information content (AvgIpc) is 2.79. The predicted octanol–water partition coefficient (Wildman–Crippen LogP) is 2.91. The van der Waals surface area contributed by atoms with Crippen LogP contribution in [0.25, 0.3) is 0 Å². The van der Waals surface area contributed by atoms with Crippen molar-refractivity contribution in [2.75, 3.05) is 5.32 Å². The van der Waals surface area contributed by atoms with Crippen LogP contribution in [0.5, 0.6) is 0 Å². The fourth-order valence-electron chi connectivity index (χ4n) is 2.34. The summed E-state index contributed by atoms with van der Waals surface area (Å²) in [5, 5.41) is 21.7. The molecule has 0 aliphatic heterocycles. The highest BCUT2D eigenvalue weighted by molar-refractivity contribution is 7.80. The number of nitrogens with zero attached hydrogens (tertiary/aromatic N) is 3. The third-order valence-electron chi connectivity index (χ3n) is 3.57. The van der Waals surface area contributed by atoms with Crippen LogP contribution in [0, 0.1) is 24.0 Å². The van der Waals surface area contributed by atoms with Crippen LogP contribution in [0.1, 0.15) is 23.9 Å². The SMILES string of the molecule is CCn1nc(C)c(CNC(=S)Nc2cccc([N+](=O)[O-])c2)c1C. The van der Waals surface area contributed by atoms with Gasteiger partial charge in [0.1, 0.15) is 0 Å². The molecule has 0 spiro atoms. The van der Waals surface area contributed by atoms with E-state index in [1.54, 1.807) is 12.1 Å². The van der Waals surface area contributed by atoms with Crippen LogP contribution in [0.15, 0.2) is 24.3 Å². The van der Waals surface area contributed by atoms with Crippen molar-refractivity contribution in [2.24, 2.45) is 0 Å². The predicted molar refractivity (Wildman–Crippen MR) is 93.5 cm³/mol. The molecule has 0 saturated carbocycles. The van der Waals surface area contributed by atoms with E-state index in [1.807, 2.05) is 25.5 Å². The van der Waals surface area contributed by atoms with Gasteiger partial charge in [-0.2, -0.15) is 5.10 Å². The summed E-state index contributed by atoms with van der Waals surface area (Å²) in [5.41, 5.74) is 3.78. The first-order valence-corrected chi connectivity index (χ1v) is 7.65. The van der Waals surface area contributed by atoms with Crippen molar-refractivity contribution in [1.82, 2.24) is 15.1 Å². The molecule has 7 nitrogen and oxygen atoms in total. The van der Waals surface area contributed by atoms with Crippen LogP contribution in [-0.4, -0.2) is 19.8 Å². The Hall–Kier alpha value is -2.48. The molecule has 2 rings (SSSR count). The Bertz CT molecular complexity index is 741. The zero-order chi connectivity index (χ0) is 17.0. The standard InChI is InChI=1S/C15H19N5O2S/c1-4-19-11(3)14(10(2)18-19)9-16-15(23)17-12-6-5-7-13(8-12)20(21)22/h5-8H,4,9H2,1-3H3,(H2,16,17,23). The summed E-state index contributed by atoms with van der Waals surface area (Å²) in [4.78, 5) is 10.3. The van der Waals surface area contributed by atoms with Crippen LogP contribution >= 0.6 is 12.2 Å². The fourth-order valence-corrected chi connectivity index (χ4v) is 2.53. The molecule has 0 saturated heterocycles. The average molecular weight is 333 g/mol. The molecule has 0 atom stereocenters. The highest BCUT2D eigenvalue weighted by Crippen LogP contribution is 2.17. The lowest BCUT2D eigenvalue weighted by molar-refractivity contribution is -0.384. The smallest absolute Gasteiger partial charge is 0.271 e. The fraction of sp³-hybridized carbons (Fsp3) is 0.333. The maximum Gasteiger partial charge on any atom is 0.271 e. The van der Waals surface area contributed by atoms with Gasteiger partial charge in [0.15, 0.2) is 5.11 Å². The Kier molecular flexibility index (Phi) is 5.28. The number of non-ortho nitro benzene ring substituents is 1. The van der Waals surface area contributed by atoms with Crippen molar-refractivity contribution in [1.29, 1.82) is 0 Å². The van der Waals surface area contributed by atoms with Gasteiger partial charge in [0.25, 0.3) is 5.69 Å². The van der Waals surface area contributed by atoms with E-state index in [1.165, 1.54) is 12.1 Å². The quantitative estimate of drug-likeness (QED) is 0.497. The molecule has 8 heteroatoms. The Balaban J connectivity index is 1.99. The van der Waals surface area contributed by atoms with Crippen LogP contribution in [0.3, 0.4) is 0 Å². The molecule has 1 aromatic heterocycles. The first-order valence-electron chi connectivity index (χ1n) is 7.24. The lowest BCUT2D eigenvalue weighted by atomic mass is 10.2. The topological polar surface area (TPSA) is 85.0 Å². The monoisotopic (exact) mass is 333 g/mol. The van der Waals surface area contributed by atoms with E-state index >= 15 is 0 Å². The molecule has 0 fully saturated rings. The van der Waals surface area contributed by atoms with Crippen LogP contribution in [0.2, 0.25) is 0 Å². The van der Waals surface area contributed by atoms with Crippen LogP contribution in [-0.2, 0) is 13.1 Å². The van der Waals surface area contributed by atoms with Crippen LogP contribution < -0.4 is 10.6 Å². The molecule has 0 bridgehead atoms. The Morgan fingerprint density at radius 2 is 2.17 bits per heavy atom. The third-order valence-corrected chi connectivity index (χ3v) is 3.82. The van der Waals surface area contributed by atoms with Gasteiger partial charge < -0.3 is 10.6 Å². The zero-order valence-electron chi connectivity index (χ0n) is 13.3. The normalized spacial score (nSPS) is 10.4. The van der Waals surface area contributed by atoms with Crippen molar-refractivity contribution < 1.29 is 4.92 Å². The van der Waals surface area contributed by atoms with E-state index in [0.717, 1.165) is 23.5 Å². The number of nitro benzene ring substituents is 1. The molecule has 2 aromatic rings. The molecule has 0 aliphatic rings. The summed E-state index contributed by atoms with van der Waals surface area (Å²) in [6.45, 7) is 7.41. The van der Waals surface area contributed by atoms with Gasteiger partial charge in [0.2, 0.25) is 0 Å². The highest BCUT2D eigenvalue weighted by Gasteiger charge is 2.11. The molecule has 0 aliphatic carbocycles. The Labute approximate surface area is 139 Å². The van der Waals surface area contributed by atoms with Crippen molar-refractivity contribution in [2.45, 2.75) is 33.9 Å². The van der Waals surface area contributed by atoms with Crippen molar-refractivity contribution in [3.63, 3.8) is 0 Å². The van der Waals surface area contributed by atoms with Gasteiger partial charge in [-0.25, -0.2) is 0 Å². The van der Waals surface area contributed by atoms with Gasteiger partial charge >= 0.3 is 0 Å². The third kappa shape index (κ3) is 4.04. The van der Waals surface area contributed by atoms with Crippen molar-refractivity contribution >= 4 is 28.7 Å². The first kappa shape index (κ1) is 16.9. The lowest BCUT2D eigenvalue weighted by Crippen LogP contribution is -2.28. The number of thiocarbonyl (C=S) groups is 1. The van der Waals surface area contributed by atoms with Gasteiger partial charge in [0.05, 0.1) is 10.6 Å². The minimum Gasteiger partial charge on any atom is -0.358 e. The number of aryl methyl sites for hydroxylation is 2. The van der Waals surface area contributed by atoms with E-state index in [9.17, 15) is 10.1 Å². The van der Waals surface area contributed by atoms with Gasteiger partial charge in [-0.05, 0) is 39.1 Å². The number of benzene rings is 1. The molecule has 1 aromatic carbocycles. The molecule has 0 amide bonds. The molecule has 0 unspecified atom stereocenters. The molecule has 0 radical (unpaired) electrons. The maximum atomic E-state index is 10.8. The summed E-state index contributed by atoms with van der Waals surface area (Å²) >= 11 is 5.25. The summed E-state index contributed by atoms with van der Waals surface area (Å²) in [6.07, 6.45) is 0. The zero-order valence-corrected chi connectivity index (χ0v) is 14.1. The maximum absolute atomic E-state index is 10.8. The summed E-state index contributed by atoms with van der Waals surface area (Å²) in [6, 6.07) is 6.22. The molecular formula is C15H19N5O2S. The number of rotatable bonds is 5. The summed E-state index contributed by atoms with van der Waals surface area (Å²) < 4.78 is 1.95. The second kappa shape index (κ2) is 7.19. The van der Waals surface area contributed by atoms with E-state index < -0.39 is 4.92 Å². The van der Waals surface area contributed by atoms with E-state index in [2.05, 4.69) is 15.7 Å². The van der Waals surface area contributed by atoms with E-state index in [4.69, 9.17) is 12.2 Å². The molecule has 122 valence electrons. The minimum absolute atomic E-state index is 0.0220. The second-order valence-electron chi connectivity index (χ2n) is 5.08. The number of anilines is 1. The van der Waals surface area contributed by atoms with E-state index in [0.29, 0.717) is 17.3 Å². The van der Waals surface area contributed by atoms with E-state index in [-0.39, 0.29) is 5.69 Å². The number of nitrogens with one attached hydrogen (secondary N) is 2. The Morgan fingerprint density at radius 3 is 2.78 bits per heavy atom. The number of nitro groups is 1. The number of hydrogen-bond acceptors (Lipinski definition) is 4. The van der Waals surface area contributed by atoms with Crippen LogP contribution in [0.4, 0.5) is 11.4 Å². The molecule has 1 heterocycles. The largest absolute Gasteiger partial charge is 0.358 e. The minimum atomic E-state index is -0.437. The first-order chi connectivity index (χ1) is 10.9. The highest BCUT2D eigenvalue weighted by atomic mass is 32.1. The molecule has 23 heavy (non-hydrogen) atoms. The summed E-state index contributed by atoms with van der Waals surface area (Å²) in [7, 11) is 0. The second-order valence-corrected chi connectivity index (χ2v) is 5.49. The van der Waals surface area contributed by atoms with Gasteiger partial charge in [-0.15, -0.1) is 0 Å². The number of hydrogen-bond donors (Lipinski definition) is 2. The van der Waals surface area contributed by atoms with Gasteiger partial charge in [-0.1, -0.05) is 6.07 Å². The molecule has 2 N–H and O–H groups in total. The number of aromatic nitrogens is 2.